The molecule has 8 heteroatoms. The Kier molecular flexibility index (Phi) is 6.17. The monoisotopic (exact) mass is 487 g/mol. The van der Waals surface area contributed by atoms with E-state index in [1.165, 1.54) is 4.90 Å². The maximum Gasteiger partial charge on any atom is 0.335 e. The number of amides is 2. The van der Waals surface area contributed by atoms with E-state index in [0.29, 0.717) is 11.3 Å². The zero-order chi connectivity index (χ0) is 25.6. The molecule has 178 valence electrons. The summed E-state index contributed by atoms with van der Waals surface area (Å²) in [5, 5.41) is 12.0. The highest BCUT2D eigenvalue weighted by Crippen LogP contribution is 2.29. The van der Waals surface area contributed by atoms with Gasteiger partial charge in [0.2, 0.25) is 0 Å². The number of carboxylic acid groups (broad SMARTS) is 1. The third kappa shape index (κ3) is 4.17. The number of thiocarbonyl (C=S) groups is 1. The number of aromatic nitrogens is 1. The standard InChI is InChI=1S/C27H25N3O4S/c1-14-7-6-8-23(17(14)4)30-25(32)21(24(31)28-27(30)35)13-20-12-16(3)29(18(20)5)22-10-9-19(26(33)34)11-15(22)2/h6-13H,1-5H3,(H,33,34)(H,28,31,35)/b21-13+. The van der Waals surface area contributed by atoms with Gasteiger partial charge in [0, 0.05) is 17.1 Å². The van der Waals surface area contributed by atoms with E-state index in [2.05, 4.69) is 5.32 Å². The number of rotatable bonds is 4. The summed E-state index contributed by atoms with van der Waals surface area (Å²) < 4.78 is 1.98. The minimum Gasteiger partial charge on any atom is -0.478 e. The predicted octanol–water partition coefficient (Wildman–Crippen LogP) is 4.55. The summed E-state index contributed by atoms with van der Waals surface area (Å²) >= 11 is 5.34. The number of nitrogens with one attached hydrogen (secondary N) is 1. The van der Waals surface area contributed by atoms with Crippen LogP contribution in [0.1, 0.15) is 44.0 Å². The molecule has 2 N–H and O–H groups in total. The highest BCUT2D eigenvalue weighted by Gasteiger charge is 2.35. The molecule has 0 aliphatic carbocycles. The molecule has 1 aliphatic rings. The smallest absolute Gasteiger partial charge is 0.335 e. The predicted molar refractivity (Wildman–Crippen MR) is 139 cm³/mol. The fourth-order valence-electron chi connectivity index (χ4n) is 4.35. The lowest BCUT2D eigenvalue weighted by atomic mass is 10.0. The first-order valence-corrected chi connectivity index (χ1v) is 11.4. The fourth-order valence-corrected chi connectivity index (χ4v) is 4.63. The lowest BCUT2D eigenvalue weighted by Gasteiger charge is -2.30. The van der Waals surface area contributed by atoms with Crippen molar-refractivity contribution in [1.82, 2.24) is 9.88 Å². The van der Waals surface area contributed by atoms with Crippen LogP contribution in [0.5, 0.6) is 0 Å². The van der Waals surface area contributed by atoms with Crippen molar-refractivity contribution < 1.29 is 19.5 Å². The first-order valence-electron chi connectivity index (χ1n) is 11.0. The van der Waals surface area contributed by atoms with E-state index in [1.807, 2.05) is 57.4 Å². The second-order valence-electron chi connectivity index (χ2n) is 8.65. The fraction of sp³-hybridized carbons (Fsp3) is 0.185. The van der Waals surface area contributed by atoms with Crippen molar-refractivity contribution in [2.24, 2.45) is 0 Å². The molecule has 0 atom stereocenters. The summed E-state index contributed by atoms with van der Waals surface area (Å²) in [5.74, 6) is -2.02. The van der Waals surface area contributed by atoms with Crippen LogP contribution in [0, 0.1) is 34.6 Å². The SMILES string of the molecule is Cc1cc(C(=O)O)ccc1-n1c(C)cc(/C=C2\C(=O)NC(=S)N(c3cccc(C)c3C)C2=O)c1C. The van der Waals surface area contributed by atoms with Crippen LogP contribution in [0.25, 0.3) is 11.8 Å². The van der Waals surface area contributed by atoms with Crippen LogP contribution < -0.4 is 10.2 Å². The van der Waals surface area contributed by atoms with E-state index in [-0.39, 0.29) is 16.2 Å². The summed E-state index contributed by atoms with van der Waals surface area (Å²) in [5.41, 5.74) is 6.75. The average Bonchev–Trinajstić information content (AvgIpc) is 3.06. The summed E-state index contributed by atoms with van der Waals surface area (Å²) in [6, 6.07) is 12.4. The molecule has 4 rings (SSSR count). The van der Waals surface area contributed by atoms with Gasteiger partial charge in [-0.1, -0.05) is 12.1 Å². The van der Waals surface area contributed by atoms with Gasteiger partial charge >= 0.3 is 5.97 Å². The van der Waals surface area contributed by atoms with E-state index in [0.717, 1.165) is 33.8 Å². The normalized spacial score (nSPS) is 15.1. The number of carboxylic acids is 1. The molecule has 2 heterocycles. The van der Waals surface area contributed by atoms with Crippen molar-refractivity contribution >= 4 is 46.9 Å². The van der Waals surface area contributed by atoms with E-state index in [4.69, 9.17) is 12.2 Å². The van der Waals surface area contributed by atoms with Gasteiger partial charge in [-0.15, -0.1) is 0 Å². The zero-order valence-electron chi connectivity index (χ0n) is 20.1. The van der Waals surface area contributed by atoms with Crippen LogP contribution >= 0.6 is 12.2 Å². The van der Waals surface area contributed by atoms with Gasteiger partial charge in [-0.2, -0.15) is 0 Å². The third-order valence-electron chi connectivity index (χ3n) is 6.37. The number of anilines is 1. The van der Waals surface area contributed by atoms with Gasteiger partial charge in [-0.3, -0.25) is 19.8 Å². The lowest BCUT2D eigenvalue weighted by molar-refractivity contribution is -0.122. The number of hydrogen-bond donors (Lipinski definition) is 2. The number of carbonyl (C=O) groups is 3. The molecule has 1 aromatic heterocycles. The molecule has 1 aliphatic heterocycles. The number of aryl methyl sites for hydroxylation is 3. The second-order valence-corrected chi connectivity index (χ2v) is 9.03. The topological polar surface area (TPSA) is 91.6 Å². The molecule has 0 unspecified atom stereocenters. The third-order valence-corrected chi connectivity index (χ3v) is 6.66. The Balaban J connectivity index is 1.79. The van der Waals surface area contributed by atoms with E-state index in [1.54, 1.807) is 30.3 Å². The summed E-state index contributed by atoms with van der Waals surface area (Å²) in [6.07, 6.45) is 1.58. The Hall–Kier alpha value is -4.04. The van der Waals surface area contributed by atoms with Crippen LogP contribution in [0.15, 0.2) is 48.0 Å². The van der Waals surface area contributed by atoms with E-state index < -0.39 is 17.8 Å². The number of hydrogen-bond acceptors (Lipinski definition) is 4. The molecule has 3 aromatic rings. The van der Waals surface area contributed by atoms with Gasteiger partial charge < -0.3 is 9.67 Å². The molecule has 0 spiro atoms. The van der Waals surface area contributed by atoms with Crippen molar-refractivity contribution in [3.8, 4) is 5.69 Å². The van der Waals surface area contributed by atoms with Crippen molar-refractivity contribution in [2.45, 2.75) is 34.6 Å². The molecule has 0 radical (unpaired) electrons. The second kappa shape index (κ2) is 8.96. The van der Waals surface area contributed by atoms with Gasteiger partial charge in [-0.05, 0) is 105 Å². The van der Waals surface area contributed by atoms with Crippen LogP contribution in [0.3, 0.4) is 0 Å². The summed E-state index contributed by atoms with van der Waals surface area (Å²) in [4.78, 5) is 39.0. The number of benzene rings is 2. The van der Waals surface area contributed by atoms with Gasteiger partial charge in [-0.25, -0.2) is 4.79 Å². The van der Waals surface area contributed by atoms with Crippen LogP contribution in [0.4, 0.5) is 5.69 Å². The lowest BCUT2D eigenvalue weighted by Crippen LogP contribution is -2.54. The van der Waals surface area contributed by atoms with E-state index in [9.17, 15) is 19.5 Å². The van der Waals surface area contributed by atoms with E-state index >= 15 is 0 Å². The zero-order valence-corrected chi connectivity index (χ0v) is 20.9. The van der Waals surface area contributed by atoms with Crippen molar-refractivity contribution in [1.29, 1.82) is 0 Å². The van der Waals surface area contributed by atoms with Gasteiger partial charge in [0.15, 0.2) is 5.11 Å². The average molecular weight is 488 g/mol. The largest absolute Gasteiger partial charge is 0.478 e. The molecule has 0 bridgehead atoms. The number of aromatic carboxylic acids is 1. The maximum atomic E-state index is 13.5. The molecule has 2 aromatic carbocycles. The molecule has 1 fully saturated rings. The highest BCUT2D eigenvalue weighted by molar-refractivity contribution is 7.80. The Bertz CT molecular complexity index is 1470. The molecule has 1 saturated heterocycles. The Morgan fingerprint density at radius 3 is 2.34 bits per heavy atom. The minimum atomic E-state index is -0.987. The number of carbonyl (C=O) groups excluding carboxylic acids is 2. The number of nitrogens with zero attached hydrogens (tertiary/aromatic N) is 2. The quantitative estimate of drug-likeness (QED) is 0.320. The molecule has 7 nitrogen and oxygen atoms in total. The van der Waals surface area contributed by atoms with Crippen LogP contribution in [0.2, 0.25) is 0 Å². The maximum absolute atomic E-state index is 13.5. The van der Waals surface area contributed by atoms with Crippen LogP contribution in [-0.4, -0.2) is 32.6 Å². The Morgan fingerprint density at radius 2 is 1.69 bits per heavy atom. The minimum absolute atomic E-state index is 0.0160. The van der Waals surface area contributed by atoms with Crippen LogP contribution in [-0.2, 0) is 9.59 Å². The highest BCUT2D eigenvalue weighted by atomic mass is 32.1. The van der Waals surface area contributed by atoms with Gasteiger partial charge in [0.25, 0.3) is 11.8 Å². The van der Waals surface area contributed by atoms with Crippen molar-refractivity contribution in [3.05, 3.63) is 87.2 Å². The van der Waals surface area contributed by atoms with Gasteiger partial charge in [0.1, 0.15) is 5.57 Å². The van der Waals surface area contributed by atoms with Crippen molar-refractivity contribution in [3.63, 3.8) is 0 Å². The first-order chi connectivity index (χ1) is 16.5. The summed E-state index contributed by atoms with van der Waals surface area (Å²) in [7, 11) is 0. The summed E-state index contributed by atoms with van der Waals surface area (Å²) in [6.45, 7) is 9.51. The Labute approximate surface area is 208 Å². The molecule has 2 amide bonds. The first kappa shape index (κ1) is 24.1. The van der Waals surface area contributed by atoms with Gasteiger partial charge in [0.05, 0.1) is 11.3 Å². The Morgan fingerprint density at radius 1 is 0.971 bits per heavy atom. The molecular weight excluding hydrogens is 462 g/mol. The molecule has 0 saturated carbocycles. The molecular formula is C27H25N3O4S. The molecule has 35 heavy (non-hydrogen) atoms. The van der Waals surface area contributed by atoms with Crippen molar-refractivity contribution in [2.75, 3.05) is 4.90 Å².